The molecule has 0 saturated heterocycles. The predicted molar refractivity (Wildman–Crippen MR) is 142 cm³/mol. The zero-order valence-corrected chi connectivity index (χ0v) is 29.4. The molecule has 0 heterocycles. The predicted octanol–water partition coefficient (Wildman–Crippen LogP) is 5.78. The summed E-state index contributed by atoms with van der Waals surface area (Å²) in [5.41, 5.74) is 0. The van der Waals surface area contributed by atoms with Crippen LogP contribution in [-0.4, -0.2) is 66.8 Å². The zero-order chi connectivity index (χ0) is 24.4. The van der Waals surface area contributed by atoms with Gasteiger partial charge in [-0.1, -0.05) is 0 Å². The van der Waals surface area contributed by atoms with Gasteiger partial charge in [-0.05, 0) is 91.7 Å². The fourth-order valence-electron chi connectivity index (χ4n) is 2.58. The summed E-state index contributed by atoms with van der Waals surface area (Å²) in [6, 6.07) is 0. The minimum atomic E-state index is -3.56. The molecule has 0 bridgehead atoms. The highest BCUT2D eigenvalue weighted by Gasteiger charge is 2.61. The summed E-state index contributed by atoms with van der Waals surface area (Å²) >= 11 is 0. The van der Waals surface area contributed by atoms with Gasteiger partial charge in [0, 0.05) is 13.7 Å². The molecule has 0 spiro atoms. The van der Waals surface area contributed by atoms with E-state index in [0.29, 0.717) is 0 Å². The molecule has 0 fully saturated rings. The smallest absolute Gasteiger partial charge is 0.417 e. The molecule has 0 aliphatic carbocycles. The van der Waals surface area contributed by atoms with Crippen molar-refractivity contribution in [1.29, 1.82) is 0 Å². The van der Waals surface area contributed by atoms with Gasteiger partial charge in [0.15, 0.2) is 33.3 Å². The first-order valence-corrected chi connectivity index (χ1v) is 30.9. The van der Waals surface area contributed by atoms with Gasteiger partial charge in [0.2, 0.25) is 0 Å². The minimum absolute atomic E-state index is 1.68. The van der Waals surface area contributed by atoms with Crippen molar-refractivity contribution >= 4 is 59.7 Å². The molecule has 0 aliphatic rings. The molecule has 0 aromatic heterocycles. The average molecular weight is 549 g/mol. The van der Waals surface area contributed by atoms with Gasteiger partial charge in [-0.2, -0.15) is 0 Å². The van der Waals surface area contributed by atoms with E-state index < -0.39 is 59.7 Å². The van der Waals surface area contributed by atoms with Gasteiger partial charge in [-0.3, -0.25) is 0 Å². The van der Waals surface area contributed by atoms with Crippen LogP contribution in [0.1, 0.15) is 0 Å². The van der Waals surface area contributed by atoms with E-state index in [0.717, 1.165) is 0 Å². The van der Waals surface area contributed by atoms with Crippen LogP contribution in [0.2, 0.25) is 98.2 Å². The Kier molecular flexibility index (Phi) is 10.7. The largest absolute Gasteiger partial charge is 0.640 e. The average Bonchev–Trinajstić information content (AvgIpc) is 2.26. The summed E-state index contributed by atoms with van der Waals surface area (Å²) < 4.78 is 45.7. The van der Waals surface area contributed by atoms with Crippen molar-refractivity contribution < 1.29 is 29.1 Å². The molecule has 0 saturated carbocycles. The molecule has 0 amide bonds. The van der Waals surface area contributed by atoms with Gasteiger partial charge in [0.1, 0.15) is 0 Å². The Hall–Kier alpha value is 1.24. The molecule has 182 valence electrons. The molecular weight excluding hydrogens is 501 g/mol. The van der Waals surface area contributed by atoms with Crippen LogP contribution in [0.15, 0.2) is 0 Å². The lowest BCUT2D eigenvalue weighted by molar-refractivity contribution is 0.104. The van der Waals surface area contributed by atoms with Crippen molar-refractivity contribution in [3.8, 4) is 0 Å². The zero-order valence-electron chi connectivity index (χ0n) is 22.4. The first-order valence-electron chi connectivity index (χ1n) is 10.6. The van der Waals surface area contributed by atoms with Crippen LogP contribution in [0.4, 0.5) is 0 Å². The summed E-state index contributed by atoms with van der Waals surface area (Å²) in [4.78, 5) is 0. The molecule has 0 N–H and O–H groups in total. The van der Waals surface area contributed by atoms with Crippen molar-refractivity contribution in [3.05, 3.63) is 0 Å². The molecule has 1 atom stereocenters. The van der Waals surface area contributed by atoms with Gasteiger partial charge in [-0.15, -0.1) is 0 Å². The van der Waals surface area contributed by atoms with Crippen LogP contribution in [0.5, 0.6) is 0 Å². The Balaban J connectivity index is 6.53. The fourth-order valence-corrected chi connectivity index (χ4v) is 26.6. The van der Waals surface area contributed by atoms with Gasteiger partial charge in [0.05, 0.1) is 0 Å². The maximum absolute atomic E-state index is 6.83. The third-order valence-corrected chi connectivity index (χ3v) is 24.2. The van der Waals surface area contributed by atoms with E-state index in [1.807, 2.05) is 19.6 Å². The number of hydrogen-bond donors (Lipinski definition) is 0. The Morgan fingerprint density at radius 2 is 0.667 bits per heavy atom. The van der Waals surface area contributed by atoms with Gasteiger partial charge < -0.3 is 29.1 Å². The minimum Gasteiger partial charge on any atom is -0.417 e. The summed E-state index contributed by atoms with van der Waals surface area (Å²) in [5.74, 6) is 0. The van der Waals surface area contributed by atoms with E-state index >= 15 is 0 Å². The van der Waals surface area contributed by atoms with Crippen LogP contribution < -0.4 is 0 Å². The molecule has 0 rings (SSSR count). The van der Waals surface area contributed by atoms with Crippen LogP contribution in [0.25, 0.3) is 0 Å². The monoisotopic (exact) mass is 548 g/mol. The van der Waals surface area contributed by atoms with Gasteiger partial charge >= 0.3 is 26.4 Å². The van der Waals surface area contributed by atoms with Gasteiger partial charge in [-0.25, -0.2) is 0 Å². The Labute approximate surface area is 193 Å². The second-order valence-electron chi connectivity index (χ2n) is 12.0. The van der Waals surface area contributed by atoms with E-state index in [9.17, 15) is 0 Å². The molecule has 0 aromatic rings. The van der Waals surface area contributed by atoms with E-state index in [1.165, 1.54) is 0 Å². The second kappa shape index (κ2) is 10.2. The molecule has 30 heavy (non-hydrogen) atoms. The second-order valence-corrected chi connectivity index (χ2v) is 39.8. The molecule has 0 aliphatic heterocycles. The normalized spacial score (nSPS) is 17.2. The lowest BCUT2D eigenvalue weighted by Gasteiger charge is -2.46. The maximum atomic E-state index is 6.83. The van der Waals surface area contributed by atoms with Crippen LogP contribution in [0, 0.1) is 0 Å². The van der Waals surface area contributed by atoms with Crippen molar-refractivity contribution in [2.45, 2.75) is 98.2 Å². The van der Waals surface area contributed by atoms with E-state index in [1.54, 1.807) is 7.11 Å². The van der Waals surface area contributed by atoms with Crippen LogP contribution in [-0.2, 0) is 29.1 Å². The standard InChI is InChI=1S/C16H48O7Si7/c1-17-28(14,15)22-29(16,18-24(2,3)4)23-30(19-25(5,6)7,20-26(8,9)10)21-27(11,12)13/h1-16H3. The third-order valence-electron chi connectivity index (χ3n) is 3.02. The fraction of sp³-hybridized carbons (Fsp3) is 1.00. The first kappa shape index (κ1) is 31.2. The summed E-state index contributed by atoms with van der Waals surface area (Å²) in [6.07, 6.45) is 0. The lowest BCUT2D eigenvalue weighted by atomic mass is 11.8. The Bertz CT molecular complexity index is 509. The third kappa shape index (κ3) is 14.4. The molecule has 1 unspecified atom stereocenters. The number of hydrogen-bond acceptors (Lipinski definition) is 7. The Morgan fingerprint density at radius 3 is 0.900 bits per heavy atom. The highest BCUT2D eigenvalue weighted by molar-refractivity contribution is 6.92. The van der Waals surface area contributed by atoms with Gasteiger partial charge in [0.25, 0.3) is 0 Å². The van der Waals surface area contributed by atoms with Crippen LogP contribution >= 0.6 is 0 Å². The topological polar surface area (TPSA) is 64.6 Å². The number of rotatable bonds is 13. The van der Waals surface area contributed by atoms with Crippen molar-refractivity contribution in [1.82, 2.24) is 0 Å². The van der Waals surface area contributed by atoms with Crippen molar-refractivity contribution in [3.63, 3.8) is 0 Å². The van der Waals surface area contributed by atoms with Crippen molar-refractivity contribution in [2.24, 2.45) is 0 Å². The van der Waals surface area contributed by atoms with Crippen LogP contribution in [0.3, 0.4) is 0 Å². The summed E-state index contributed by atoms with van der Waals surface area (Å²) in [6.45, 7) is 31.5. The SMILES string of the molecule is CO[Si](C)(C)O[Si](C)(O[Si](C)(C)C)O[Si](O[Si](C)(C)C)(O[Si](C)(C)C)O[Si](C)(C)C. The molecule has 0 aromatic carbocycles. The molecule has 14 heteroatoms. The molecular formula is C16H48O7Si7. The Morgan fingerprint density at radius 1 is 0.367 bits per heavy atom. The molecule has 0 radical (unpaired) electrons. The van der Waals surface area contributed by atoms with E-state index in [2.05, 4.69) is 78.6 Å². The molecule has 7 nitrogen and oxygen atoms in total. The maximum Gasteiger partial charge on any atom is 0.640 e. The summed E-state index contributed by atoms with van der Waals surface area (Å²) in [7, 11) is -15.8. The summed E-state index contributed by atoms with van der Waals surface area (Å²) in [5, 5.41) is 0. The van der Waals surface area contributed by atoms with E-state index in [4.69, 9.17) is 29.1 Å². The highest BCUT2D eigenvalue weighted by atomic mass is 28.6. The highest BCUT2D eigenvalue weighted by Crippen LogP contribution is 2.32. The quantitative estimate of drug-likeness (QED) is 0.270. The van der Waals surface area contributed by atoms with E-state index in [-0.39, 0.29) is 0 Å². The lowest BCUT2D eigenvalue weighted by Crippen LogP contribution is -2.69. The van der Waals surface area contributed by atoms with Crippen molar-refractivity contribution in [2.75, 3.05) is 7.11 Å². The first-order chi connectivity index (χ1) is 12.8.